The summed E-state index contributed by atoms with van der Waals surface area (Å²) in [4.78, 5) is 19.1. The lowest BCUT2D eigenvalue weighted by Gasteiger charge is -2.04. The van der Waals surface area contributed by atoms with Crippen LogP contribution in [0, 0.1) is 5.92 Å². The van der Waals surface area contributed by atoms with Crippen molar-refractivity contribution in [3.8, 4) is 11.3 Å². The lowest BCUT2D eigenvalue weighted by molar-refractivity contribution is -0.126. The van der Waals surface area contributed by atoms with Crippen molar-refractivity contribution < 1.29 is 9.53 Å². The van der Waals surface area contributed by atoms with Crippen LogP contribution in [0.4, 0.5) is 0 Å². The average molecular weight is 285 g/mol. The number of H-pyrrole nitrogens is 1. The van der Waals surface area contributed by atoms with Crippen LogP contribution in [0.5, 0.6) is 0 Å². The highest BCUT2D eigenvalue weighted by molar-refractivity contribution is 5.77. The second-order valence-electron chi connectivity index (χ2n) is 5.34. The molecule has 0 aliphatic heterocycles. The molecule has 2 aromatic rings. The van der Waals surface area contributed by atoms with Crippen molar-refractivity contribution in [2.75, 3.05) is 13.2 Å². The van der Waals surface area contributed by atoms with Crippen LogP contribution in [-0.2, 0) is 16.1 Å². The third kappa shape index (κ3) is 4.16. The quantitative estimate of drug-likeness (QED) is 0.819. The number of imidazole rings is 1. The third-order valence-electron chi connectivity index (χ3n) is 3.45. The summed E-state index contributed by atoms with van der Waals surface area (Å²) in [6.07, 6.45) is 4.24. The number of carbonyl (C=O) groups is 1. The summed E-state index contributed by atoms with van der Waals surface area (Å²) < 4.78 is 5.34. The molecule has 1 fully saturated rings. The summed E-state index contributed by atoms with van der Waals surface area (Å²) in [6, 6.07) is 9.97. The van der Waals surface area contributed by atoms with Crippen molar-refractivity contribution in [3.63, 3.8) is 0 Å². The van der Waals surface area contributed by atoms with Gasteiger partial charge in [-0.1, -0.05) is 30.3 Å². The van der Waals surface area contributed by atoms with Gasteiger partial charge in [-0.25, -0.2) is 4.98 Å². The van der Waals surface area contributed by atoms with E-state index < -0.39 is 0 Å². The van der Waals surface area contributed by atoms with Gasteiger partial charge in [0.2, 0.25) is 5.91 Å². The summed E-state index contributed by atoms with van der Waals surface area (Å²) in [6.45, 7) is 1.22. The molecule has 1 saturated carbocycles. The molecule has 1 aliphatic carbocycles. The number of ether oxygens (including phenoxy) is 1. The SMILES string of the molecule is O=C(COCC1CC1)NCc1ncc(-c2ccccc2)[nH]1. The van der Waals surface area contributed by atoms with Gasteiger partial charge in [0, 0.05) is 0 Å². The van der Waals surface area contributed by atoms with Gasteiger partial charge in [-0.3, -0.25) is 4.79 Å². The molecule has 1 heterocycles. The van der Waals surface area contributed by atoms with Gasteiger partial charge in [-0.15, -0.1) is 0 Å². The Morgan fingerprint density at radius 2 is 2.14 bits per heavy atom. The van der Waals surface area contributed by atoms with E-state index >= 15 is 0 Å². The minimum atomic E-state index is -0.103. The largest absolute Gasteiger partial charge is 0.371 e. The number of amides is 1. The first-order chi connectivity index (χ1) is 10.3. The molecule has 21 heavy (non-hydrogen) atoms. The number of benzene rings is 1. The van der Waals surface area contributed by atoms with Crippen LogP contribution in [0.3, 0.4) is 0 Å². The first-order valence-corrected chi connectivity index (χ1v) is 7.25. The first-order valence-electron chi connectivity index (χ1n) is 7.25. The van der Waals surface area contributed by atoms with Gasteiger partial charge in [0.1, 0.15) is 12.4 Å². The molecule has 1 aromatic carbocycles. The Balaban J connectivity index is 1.44. The molecule has 110 valence electrons. The number of aromatic amines is 1. The van der Waals surface area contributed by atoms with Gasteiger partial charge in [0.25, 0.3) is 0 Å². The molecule has 2 N–H and O–H groups in total. The number of hydrogen-bond acceptors (Lipinski definition) is 3. The van der Waals surface area contributed by atoms with Crippen molar-refractivity contribution in [2.45, 2.75) is 19.4 Å². The molecule has 0 radical (unpaired) electrons. The van der Waals surface area contributed by atoms with E-state index in [-0.39, 0.29) is 12.5 Å². The summed E-state index contributed by atoms with van der Waals surface area (Å²) in [5.41, 5.74) is 2.03. The Morgan fingerprint density at radius 1 is 1.33 bits per heavy atom. The zero-order chi connectivity index (χ0) is 14.5. The van der Waals surface area contributed by atoms with Gasteiger partial charge in [-0.2, -0.15) is 0 Å². The van der Waals surface area contributed by atoms with Crippen LogP contribution in [0.2, 0.25) is 0 Å². The molecule has 1 amide bonds. The predicted octanol–water partition coefficient (Wildman–Crippen LogP) is 2.12. The summed E-state index contributed by atoms with van der Waals surface area (Å²) in [5.74, 6) is 1.31. The number of carbonyl (C=O) groups excluding carboxylic acids is 1. The van der Waals surface area contributed by atoms with Gasteiger partial charge < -0.3 is 15.0 Å². The molecule has 0 unspecified atom stereocenters. The third-order valence-corrected chi connectivity index (χ3v) is 3.45. The Hall–Kier alpha value is -2.14. The molecular formula is C16H19N3O2. The molecule has 0 bridgehead atoms. The number of hydrogen-bond donors (Lipinski definition) is 2. The highest BCUT2D eigenvalue weighted by Gasteiger charge is 2.21. The smallest absolute Gasteiger partial charge is 0.246 e. The Bertz CT molecular complexity index is 591. The standard InChI is InChI=1S/C16H19N3O2/c20-16(11-21-10-12-6-7-12)18-9-15-17-8-14(19-15)13-4-2-1-3-5-13/h1-5,8,12H,6-7,9-11H2,(H,17,19)(H,18,20). The first kappa shape index (κ1) is 13.8. The summed E-state index contributed by atoms with van der Waals surface area (Å²) in [5, 5.41) is 2.80. The van der Waals surface area contributed by atoms with Crippen LogP contribution in [0.15, 0.2) is 36.5 Å². The second kappa shape index (κ2) is 6.54. The number of aromatic nitrogens is 2. The van der Waals surface area contributed by atoms with E-state index in [2.05, 4.69) is 15.3 Å². The fourth-order valence-electron chi connectivity index (χ4n) is 2.05. The average Bonchev–Trinajstić information content (AvgIpc) is 3.21. The van der Waals surface area contributed by atoms with Gasteiger partial charge in [0.05, 0.1) is 25.0 Å². The minimum Gasteiger partial charge on any atom is -0.371 e. The second-order valence-corrected chi connectivity index (χ2v) is 5.34. The number of rotatable bonds is 7. The Kier molecular flexibility index (Phi) is 4.31. The lowest BCUT2D eigenvalue weighted by Crippen LogP contribution is -2.27. The van der Waals surface area contributed by atoms with Gasteiger partial charge >= 0.3 is 0 Å². The minimum absolute atomic E-state index is 0.103. The van der Waals surface area contributed by atoms with Crippen LogP contribution in [0.25, 0.3) is 11.3 Å². The summed E-state index contributed by atoms with van der Waals surface area (Å²) in [7, 11) is 0. The molecule has 1 aliphatic rings. The van der Waals surface area contributed by atoms with Crippen LogP contribution in [-0.4, -0.2) is 29.1 Å². The molecule has 0 spiro atoms. The maximum atomic E-state index is 11.6. The molecule has 3 rings (SSSR count). The van der Waals surface area contributed by atoms with Crippen molar-refractivity contribution in [3.05, 3.63) is 42.4 Å². The molecule has 5 nitrogen and oxygen atoms in total. The van der Waals surface area contributed by atoms with Crippen molar-refractivity contribution in [1.29, 1.82) is 0 Å². The zero-order valence-corrected chi connectivity index (χ0v) is 11.8. The van der Waals surface area contributed by atoms with E-state index in [1.165, 1.54) is 12.8 Å². The van der Waals surface area contributed by atoms with Crippen molar-refractivity contribution in [2.24, 2.45) is 5.92 Å². The topological polar surface area (TPSA) is 67.0 Å². The highest BCUT2D eigenvalue weighted by Crippen LogP contribution is 2.28. The monoisotopic (exact) mass is 285 g/mol. The molecule has 1 aromatic heterocycles. The Morgan fingerprint density at radius 3 is 2.90 bits per heavy atom. The van der Waals surface area contributed by atoms with Crippen LogP contribution in [0.1, 0.15) is 18.7 Å². The lowest BCUT2D eigenvalue weighted by atomic mass is 10.2. The zero-order valence-electron chi connectivity index (χ0n) is 11.8. The normalized spacial score (nSPS) is 14.1. The van der Waals surface area contributed by atoms with Crippen molar-refractivity contribution >= 4 is 5.91 Å². The highest BCUT2D eigenvalue weighted by atomic mass is 16.5. The van der Waals surface area contributed by atoms with E-state index in [1.807, 2.05) is 30.3 Å². The number of nitrogens with zero attached hydrogens (tertiary/aromatic N) is 1. The van der Waals surface area contributed by atoms with E-state index in [9.17, 15) is 4.79 Å². The van der Waals surface area contributed by atoms with E-state index in [0.717, 1.165) is 17.1 Å². The van der Waals surface area contributed by atoms with Crippen molar-refractivity contribution in [1.82, 2.24) is 15.3 Å². The fraction of sp³-hybridized carbons (Fsp3) is 0.375. The van der Waals surface area contributed by atoms with Crippen LogP contribution >= 0.6 is 0 Å². The Labute approximate surface area is 123 Å². The van der Waals surface area contributed by atoms with Gasteiger partial charge in [-0.05, 0) is 24.3 Å². The maximum absolute atomic E-state index is 11.6. The van der Waals surface area contributed by atoms with Gasteiger partial charge in [0.15, 0.2) is 0 Å². The maximum Gasteiger partial charge on any atom is 0.246 e. The molecular weight excluding hydrogens is 266 g/mol. The molecule has 0 saturated heterocycles. The van der Waals surface area contributed by atoms with E-state index in [0.29, 0.717) is 19.1 Å². The fourth-order valence-corrected chi connectivity index (χ4v) is 2.05. The summed E-state index contributed by atoms with van der Waals surface area (Å²) >= 11 is 0. The molecule has 0 atom stereocenters. The molecule has 5 heteroatoms. The van der Waals surface area contributed by atoms with E-state index in [4.69, 9.17) is 4.74 Å². The van der Waals surface area contributed by atoms with Crippen LogP contribution < -0.4 is 5.32 Å². The van der Waals surface area contributed by atoms with E-state index in [1.54, 1.807) is 6.20 Å². The predicted molar refractivity (Wildman–Crippen MR) is 79.4 cm³/mol. The number of nitrogens with one attached hydrogen (secondary N) is 2.